The number of methoxy groups -OCH3 is 4. The molecule has 0 saturated carbocycles. The second-order valence-electron chi connectivity index (χ2n) is 31.0. The molecule has 87 heavy (non-hydrogen) atoms. The van der Waals surface area contributed by atoms with E-state index < -0.39 is 0 Å². The van der Waals surface area contributed by atoms with Crippen LogP contribution < -0.4 is 28.4 Å². The molecule has 7 aromatic rings. The van der Waals surface area contributed by atoms with Crippen molar-refractivity contribution in [3.05, 3.63) is 196 Å². The van der Waals surface area contributed by atoms with Crippen LogP contribution in [0.2, 0.25) is 0 Å². The van der Waals surface area contributed by atoms with Crippen molar-refractivity contribution in [1.82, 2.24) is 0 Å². The fourth-order valence-electron chi connectivity index (χ4n) is 12.9. The summed E-state index contributed by atoms with van der Waals surface area (Å²) in [6.45, 7) is 41.8. The molecular formula is C79H100O7S. The minimum absolute atomic E-state index is 0.154. The molecule has 0 fully saturated rings. The van der Waals surface area contributed by atoms with E-state index >= 15 is 0 Å². The van der Waals surface area contributed by atoms with Crippen LogP contribution in [0, 0.1) is 0 Å². The van der Waals surface area contributed by atoms with E-state index in [2.05, 4.69) is 204 Å². The lowest BCUT2D eigenvalue weighted by atomic mass is 9.79. The van der Waals surface area contributed by atoms with E-state index in [4.69, 9.17) is 28.4 Å². The summed E-state index contributed by atoms with van der Waals surface area (Å²) in [6.07, 6.45) is 5.35. The van der Waals surface area contributed by atoms with Gasteiger partial charge in [-0.1, -0.05) is 197 Å². The predicted octanol–water partition coefficient (Wildman–Crippen LogP) is 19.3. The van der Waals surface area contributed by atoms with Crippen LogP contribution in [0.15, 0.2) is 89.8 Å². The van der Waals surface area contributed by atoms with Gasteiger partial charge in [0.1, 0.15) is 53.5 Å². The maximum absolute atomic E-state index is 11.9. The van der Waals surface area contributed by atoms with Gasteiger partial charge in [0, 0.05) is 54.5 Å². The Morgan fingerprint density at radius 2 is 0.483 bits per heavy atom. The Balaban J connectivity index is 1.52. The van der Waals surface area contributed by atoms with E-state index in [1.54, 1.807) is 11.8 Å². The summed E-state index contributed by atoms with van der Waals surface area (Å²) >= 11 is 1.65. The van der Waals surface area contributed by atoms with Crippen molar-refractivity contribution in [1.29, 1.82) is 0 Å². The third-order valence-electron chi connectivity index (χ3n) is 17.9. The lowest BCUT2D eigenvalue weighted by molar-refractivity contribution is 0.287. The number of ether oxygens (including phenoxy) is 6. The summed E-state index contributed by atoms with van der Waals surface area (Å²) in [6, 6.07) is 32.1. The van der Waals surface area contributed by atoms with Crippen LogP contribution in [-0.2, 0) is 84.2 Å². The highest BCUT2D eigenvalue weighted by Gasteiger charge is 2.32. The Bertz CT molecular complexity index is 3310. The number of benzene rings is 7. The largest absolute Gasteiger partial charge is 0.508 e. The van der Waals surface area contributed by atoms with Crippen molar-refractivity contribution in [3.63, 3.8) is 0 Å². The summed E-state index contributed by atoms with van der Waals surface area (Å²) in [4.78, 5) is 1.00. The molecule has 2 heterocycles. The smallest absolute Gasteiger partial charge is 0.126 e. The Morgan fingerprint density at radius 1 is 0.299 bits per heavy atom. The Labute approximate surface area is 527 Å². The molecule has 2 aliphatic rings. The van der Waals surface area contributed by atoms with Crippen LogP contribution in [-0.4, -0.2) is 39.8 Å². The van der Waals surface area contributed by atoms with Gasteiger partial charge in [-0.15, -0.1) is 11.8 Å². The van der Waals surface area contributed by atoms with Crippen molar-refractivity contribution in [3.8, 4) is 40.2 Å². The Kier molecular flexibility index (Phi) is 18.0. The zero-order valence-corrected chi connectivity index (χ0v) is 57.9. The molecular weight excluding hydrogens is 1090 g/mol. The minimum atomic E-state index is -0.236. The van der Waals surface area contributed by atoms with Crippen LogP contribution in [0.25, 0.3) is 0 Å². The summed E-state index contributed by atoms with van der Waals surface area (Å²) < 4.78 is 42.1. The van der Waals surface area contributed by atoms with Crippen molar-refractivity contribution in [2.24, 2.45) is 0 Å². The molecule has 7 nitrogen and oxygen atoms in total. The number of phenols is 1. The van der Waals surface area contributed by atoms with Gasteiger partial charge in [-0.3, -0.25) is 0 Å². The molecule has 7 aromatic carbocycles. The molecule has 0 aliphatic carbocycles. The van der Waals surface area contributed by atoms with Gasteiger partial charge in [0.25, 0.3) is 0 Å². The maximum atomic E-state index is 11.9. The van der Waals surface area contributed by atoms with Crippen molar-refractivity contribution < 1.29 is 33.5 Å². The normalized spacial score (nSPS) is 14.3. The van der Waals surface area contributed by atoms with Gasteiger partial charge in [0.05, 0.1) is 28.4 Å². The highest BCUT2D eigenvalue weighted by atomic mass is 32.2. The summed E-state index contributed by atoms with van der Waals surface area (Å²) in [7, 11) is 7.28. The molecule has 0 atom stereocenters. The molecule has 8 heteroatoms. The molecule has 9 rings (SSSR count). The van der Waals surface area contributed by atoms with Crippen LogP contribution in [0.1, 0.15) is 236 Å². The molecule has 464 valence electrons. The topological polar surface area (TPSA) is 75.6 Å². The van der Waals surface area contributed by atoms with Gasteiger partial charge in [0.2, 0.25) is 0 Å². The molecule has 0 spiro atoms. The van der Waals surface area contributed by atoms with Crippen molar-refractivity contribution in [2.75, 3.05) is 34.7 Å². The number of aromatic hydroxyl groups is 1. The molecule has 0 amide bonds. The standard InChI is InChI=1S/C79H100O7S/c1-74(2,3)60-30-46-24-47-31-61(75(4,5)6)35-51(68(47)82-20)27-56-40-65(79(16,17)18)41-57-29-53-37-63(77(10,11)12)33-49(70(53)84-22)25-48-32-62(76(7,8)9)36-52(69(48)83-21)28-55-39-64(78(13,14)15)38-54(26-50(34-60)67(46)81-19)71(55)85-44-58-42-66(80)43-59(73(58)87-23)45-86-72(56)57/h30-43,80H,24-29,44-45H2,1-23H3. The zero-order chi connectivity index (χ0) is 63.7. The van der Waals surface area contributed by atoms with Gasteiger partial charge < -0.3 is 33.5 Å². The molecule has 0 saturated heterocycles. The van der Waals surface area contributed by atoms with Gasteiger partial charge >= 0.3 is 0 Å². The Morgan fingerprint density at radius 3 is 0.655 bits per heavy atom. The number of hydrogen-bond acceptors (Lipinski definition) is 8. The second-order valence-corrected chi connectivity index (χ2v) is 31.8. The van der Waals surface area contributed by atoms with Gasteiger partial charge in [-0.2, -0.15) is 0 Å². The average molecular weight is 1190 g/mol. The molecule has 1 N–H and O–H groups in total. The SMILES string of the molecule is COc1c2cc(C(C)(C)C)cc1Cc1cc(C(C)(C)C)cc3c1OCc1cc(O)cc(c1SC)COc1c(cc(C(C)(C)C)cc1Cc1cc(C(C)(C)C)cc(c1OC)Cc1cc(C(C)(C)C)cc(c1OC)C3)Cc1cc(C(C)(C)C)cc(c1OC)C2. The lowest BCUT2D eigenvalue weighted by Crippen LogP contribution is -2.17. The van der Waals surface area contributed by atoms with Gasteiger partial charge in [-0.25, -0.2) is 0 Å². The highest BCUT2D eigenvalue weighted by molar-refractivity contribution is 7.98. The zero-order valence-electron chi connectivity index (χ0n) is 57.0. The molecule has 0 radical (unpaired) electrons. The monoisotopic (exact) mass is 1190 g/mol. The first-order valence-corrected chi connectivity index (χ1v) is 32.5. The molecule has 2 aliphatic heterocycles. The Hall–Kier alpha value is -6.51. The van der Waals surface area contributed by atoms with Crippen LogP contribution in [0.5, 0.6) is 40.2 Å². The van der Waals surface area contributed by atoms with E-state index in [1.165, 1.54) is 33.4 Å². The van der Waals surface area contributed by atoms with E-state index in [9.17, 15) is 5.11 Å². The summed E-state index contributed by atoms with van der Waals surface area (Å²) in [5, 5.41) is 11.9. The summed E-state index contributed by atoms with van der Waals surface area (Å²) in [5.74, 6) is 5.16. The van der Waals surface area contributed by atoms with E-state index in [-0.39, 0.29) is 51.5 Å². The van der Waals surface area contributed by atoms with Crippen LogP contribution in [0.4, 0.5) is 0 Å². The molecule has 0 unspecified atom stereocenters. The number of thioether (sulfide) groups is 1. The quantitative estimate of drug-likeness (QED) is 0.171. The lowest BCUT2D eigenvalue weighted by Gasteiger charge is -2.29. The van der Waals surface area contributed by atoms with Gasteiger partial charge in [0.15, 0.2) is 0 Å². The number of hydrogen-bond donors (Lipinski definition) is 1. The number of phenolic OH excluding ortho intramolecular Hbond substituents is 1. The number of rotatable bonds is 5. The van der Waals surface area contributed by atoms with Gasteiger partial charge in [-0.05, 0) is 151 Å². The van der Waals surface area contributed by atoms with E-state index in [0.29, 0.717) is 38.5 Å². The fraction of sp³-hybridized carbons (Fsp3) is 0.468. The first-order valence-electron chi connectivity index (χ1n) is 31.3. The first kappa shape index (κ1) is 64.9. The third-order valence-corrected chi connectivity index (χ3v) is 18.9. The second kappa shape index (κ2) is 24.1. The summed E-state index contributed by atoms with van der Waals surface area (Å²) in [5.41, 5.74) is 20.6. The average Bonchev–Trinajstić information content (AvgIpc) is 0.914. The van der Waals surface area contributed by atoms with Crippen LogP contribution >= 0.6 is 11.8 Å². The number of fused-ring (bicyclic) bond motifs is 10. The molecule has 0 aromatic heterocycles. The van der Waals surface area contributed by atoms with Crippen molar-refractivity contribution >= 4 is 11.8 Å². The maximum Gasteiger partial charge on any atom is 0.126 e. The third kappa shape index (κ3) is 13.9. The fourth-order valence-corrected chi connectivity index (χ4v) is 13.6. The minimum Gasteiger partial charge on any atom is -0.508 e. The van der Waals surface area contributed by atoms with E-state index in [1.807, 2.05) is 40.6 Å². The van der Waals surface area contributed by atoms with E-state index in [0.717, 1.165) is 117 Å². The predicted molar refractivity (Wildman–Crippen MR) is 362 cm³/mol. The van der Waals surface area contributed by atoms with Crippen molar-refractivity contribution in [2.45, 2.75) is 214 Å². The molecule has 12 bridgehead atoms. The van der Waals surface area contributed by atoms with Crippen LogP contribution in [0.3, 0.4) is 0 Å². The first-order chi connectivity index (χ1) is 40.5. The highest BCUT2D eigenvalue weighted by Crippen LogP contribution is 2.47.